The van der Waals surface area contributed by atoms with Crippen LogP contribution in [0.15, 0.2) is 39.9 Å². The monoisotopic (exact) mass is 339 g/mol. The molecular formula is C15H17NO4S2. The van der Waals surface area contributed by atoms with Gasteiger partial charge in [0.2, 0.25) is 5.91 Å². The van der Waals surface area contributed by atoms with Crippen LogP contribution in [0.25, 0.3) is 0 Å². The Bertz CT molecular complexity index is 732. The summed E-state index contributed by atoms with van der Waals surface area (Å²) in [6.45, 7) is 4.04. The van der Waals surface area contributed by atoms with Crippen LogP contribution in [0.4, 0.5) is 0 Å². The topological polar surface area (TPSA) is 72.5 Å². The van der Waals surface area contributed by atoms with Crippen molar-refractivity contribution >= 4 is 27.3 Å². The second kappa shape index (κ2) is 6.93. The number of rotatable bonds is 6. The van der Waals surface area contributed by atoms with Crippen LogP contribution in [-0.4, -0.2) is 20.9 Å². The largest absolute Gasteiger partial charge is 0.493 e. The van der Waals surface area contributed by atoms with E-state index in [2.05, 4.69) is 0 Å². The molecule has 1 heterocycles. The van der Waals surface area contributed by atoms with Crippen molar-refractivity contribution in [2.24, 2.45) is 0 Å². The molecule has 0 spiro atoms. The van der Waals surface area contributed by atoms with Crippen LogP contribution in [-0.2, 0) is 14.8 Å². The van der Waals surface area contributed by atoms with Gasteiger partial charge < -0.3 is 4.74 Å². The highest BCUT2D eigenvalue weighted by Crippen LogP contribution is 2.17. The molecule has 0 unspecified atom stereocenters. The molecule has 0 atom stereocenters. The molecule has 22 heavy (non-hydrogen) atoms. The molecule has 0 aliphatic carbocycles. The van der Waals surface area contributed by atoms with Gasteiger partial charge in [-0.3, -0.25) is 4.79 Å². The Morgan fingerprint density at radius 2 is 1.91 bits per heavy atom. The molecule has 5 nitrogen and oxygen atoms in total. The Kier molecular flexibility index (Phi) is 5.20. The van der Waals surface area contributed by atoms with E-state index in [1.54, 1.807) is 11.4 Å². The Labute approximate surface area is 134 Å². The van der Waals surface area contributed by atoms with Gasteiger partial charge in [0.1, 0.15) is 9.96 Å². The van der Waals surface area contributed by atoms with Crippen molar-refractivity contribution in [3.05, 3.63) is 46.8 Å². The van der Waals surface area contributed by atoms with E-state index in [1.165, 1.54) is 6.07 Å². The van der Waals surface area contributed by atoms with Gasteiger partial charge in [0, 0.05) is 0 Å². The highest BCUT2D eigenvalue weighted by molar-refractivity contribution is 7.92. The molecular weight excluding hydrogens is 322 g/mol. The lowest BCUT2D eigenvalue weighted by Gasteiger charge is -2.08. The number of hydrogen-bond acceptors (Lipinski definition) is 5. The van der Waals surface area contributed by atoms with Crippen LogP contribution in [0.2, 0.25) is 0 Å². The first kappa shape index (κ1) is 16.5. The lowest BCUT2D eigenvalue weighted by molar-refractivity contribution is -0.119. The third-order valence-corrected chi connectivity index (χ3v) is 5.57. The number of carbonyl (C=O) groups is 1. The number of amides is 1. The normalized spacial score (nSPS) is 11.2. The van der Waals surface area contributed by atoms with Gasteiger partial charge in [-0.05, 0) is 48.6 Å². The molecule has 0 fully saturated rings. The quantitative estimate of drug-likeness (QED) is 0.878. The summed E-state index contributed by atoms with van der Waals surface area (Å²) in [6.07, 6.45) is -0.0302. The Hall–Kier alpha value is -1.86. The molecule has 0 saturated heterocycles. The number of hydrogen-bond donors (Lipinski definition) is 1. The molecule has 1 aromatic carbocycles. The molecule has 0 radical (unpaired) electrons. The minimum atomic E-state index is -3.76. The zero-order valence-electron chi connectivity index (χ0n) is 12.3. The second-order valence-electron chi connectivity index (χ2n) is 4.88. The standard InChI is InChI=1S/C15H17NO4S2/c1-11-8-12(2)10-13(9-11)20-6-5-14(17)16-22(18,19)15-4-3-7-21-15/h3-4,7-10H,5-6H2,1-2H3,(H,16,17). The number of ether oxygens (including phenoxy) is 1. The highest BCUT2D eigenvalue weighted by Gasteiger charge is 2.18. The minimum absolute atomic E-state index is 0.0302. The van der Waals surface area contributed by atoms with E-state index in [0.29, 0.717) is 5.75 Å². The zero-order chi connectivity index (χ0) is 16.2. The highest BCUT2D eigenvalue weighted by atomic mass is 32.2. The predicted octanol–water partition coefficient (Wildman–Crippen LogP) is 2.64. The van der Waals surface area contributed by atoms with Crippen molar-refractivity contribution in [3.8, 4) is 5.75 Å². The fourth-order valence-corrected chi connectivity index (χ4v) is 3.95. The molecule has 1 amide bonds. The van der Waals surface area contributed by atoms with Gasteiger partial charge in [-0.15, -0.1) is 11.3 Å². The van der Waals surface area contributed by atoms with Gasteiger partial charge in [0.25, 0.3) is 10.0 Å². The number of benzene rings is 1. The van der Waals surface area contributed by atoms with Crippen LogP contribution < -0.4 is 9.46 Å². The number of aryl methyl sites for hydroxylation is 2. The Morgan fingerprint density at radius 3 is 2.50 bits per heavy atom. The summed E-state index contributed by atoms with van der Waals surface area (Å²) in [7, 11) is -3.76. The summed E-state index contributed by atoms with van der Waals surface area (Å²) in [5.74, 6) is 0.0872. The van der Waals surface area contributed by atoms with Crippen molar-refractivity contribution in [1.29, 1.82) is 0 Å². The average molecular weight is 339 g/mol. The summed E-state index contributed by atoms with van der Waals surface area (Å²) in [6, 6.07) is 8.83. The molecule has 118 valence electrons. The van der Waals surface area contributed by atoms with Crippen molar-refractivity contribution < 1.29 is 17.9 Å². The van der Waals surface area contributed by atoms with E-state index in [1.807, 2.05) is 36.8 Å². The average Bonchev–Trinajstić information content (AvgIpc) is 2.91. The molecule has 0 aliphatic rings. The summed E-state index contributed by atoms with van der Waals surface area (Å²) in [4.78, 5) is 11.7. The molecule has 0 aliphatic heterocycles. The maximum Gasteiger partial charge on any atom is 0.273 e. The first-order valence-corrected chi connectivity index (χ1v) is 9.03. The van der Waals surface area contributed by atoms with Gasteiger partial charge in [-0.1, -0.05) is 12.1 Å². The van der Waals surface area contributed by atoms with Gasteiger partial charge in [-0.2, -0.15) is 0 Å². The van der Waals surface area contributed by atoms with Gasteiger partial charge in [0.05, 0.1) is 13.0 Å². The minimum Gasteiger partial charge on any atom is -0.493 e. The number of nitrogens with one attached hydrogen (secondary N) is 1. The SMILES string of the molecule is Cc1cc(C)cc(OCCC(=O)NS(=O)(=O)c2cccs2)c1. The number of carbonyl (C=O) groups excluding carboxylic acids is 1. The van der Waals surface area contributed by atoms with Gasteiger partial charge in [0.15, 0.2) is 0 Å². The van der Waals surface area contributed by atoms with Crippen molar-refractivity contribution in [1.82, 2.24) is 4.72 Å². The van der Waals surface area contributed by atoms with E-state index < -0.39 is 15.9 Å². The van der Waals surface area contributed by atoms with E-state index in [0.717, 1.165) is 22.5 Å². The Morgan fingerprint density at radius 1 is 1.23 bits per heavy atom. The van der Waals surface area contributed by atoms with Crippen LogP contribution in [0.3, 0.4) is 0 Å². The first-order valence-electron chi connectivity index (χ1n) is 6.67. The lowest BCUT2D eigenvalue weighted by atomic mass is 10.1. The van der Waals surface area contributed by atoms with Crippen LogP contribution in [0, 0.1) is 13.8 Å². The summed E-state index contributed by atoms with van der Waals surface area (Å²) < 4.78 is 31.4. The Balaban J connectivity index is 1.86. The fraction of sp³-hybridized carbons (Fsp3) is 0.267. The van der Waals surface area contributed by atoms with E-state index >= 15 is 0 Å². The third kappa shape index (κ3) is 4.57. The van der Waals surface area contributed by atoms with Crippen molar-refractivity contribution in [2.75, 3.05) is 6.61 Å². The maximum atomic E-state index is 11.9. The smallest absolute Gasteiger partial charge is 0.273 e. The van der Waals surface area contributed by atoms with Gasteiger partial charge >= 0.3 is 0 Å². The van der Waals surface area contributed by atoms with Crippen LogP contribution in [0.1, 0.15) is 17.5 Å². The predicted molar refractivity (Wildman–Crippen MR) is 85.7 cm³/mol. The zero-order valence-corrected chi connectivity index (χ0v) is 14.0. The number of sulfonamides is 1. The van der Waals surface area contributed by atoms with Crippen molar-refractivity contribution in [3.63, 3.8) is 0 Å². The lowest BCUT2D eigenvalue weighted by Crippen LogP contribution is -2.31. The molecule has 0 saturated carbocycles. The second-order valence-corrected chi connectivity index (χ2v) is 7.74. The van der Waals surface area contributed by atoms with Crippen LogP contribution >= 0.6 is 11.3 Å². The maximum absolute atomic E-state index is 11.9. The molecule has 1 N–H and O–H groups in total. The summed E-state index contributed by atoms with van der Waals surface area (Å²) in [5, 5.41) is 1.64. The first-order chi connectivity index (χ1) is 10.4. The molecule has 2 rings (SSSR count). The van der Waals surface area contributed by atoms with E-state index in [-0.39, 0.29) is 17.2 Å². The molecule has 2 aromatic rings. The summed E-state index contributed by atoms with van der Waals surface area (Å²) >= 11 is 1.06. The molecule has 0 bridgehead atoms. The molecule has 7 heteroatoms. The molecule has 1 aromatic heterocycles. The van der Waals surface area contributed by atoms with E-state index in [9.17, 15) is 13.2 Å². The fourth-order valence-electron chi connectivity index (χ4n) is 1.95. The van der Waals surface area contributed by atoms with E-state index in [4.69, 9.17) is 4.74 Å². The van der Waals surface area contributed by atoms with Gasteiger partial charge in [-0.25, -0.2) is 13.1 Å². The van der Waals surface area contributed by atoms with Crippen molar-refractivity contribution in [2.45, 2.75) is 24.5 Å². The van der Waals surface area contributed by atoms with Crippen LogP contribution in [0.5, 0.6) is 5.75 Å². The summed E-state index contributed by atoms with van der Waals surface area (Å²) in [5.41, 5.74) is 2.14. The number of thiophene rings is 1. The third-order valence-electron chi connectivity index (χ3n) is 2.80.